The largest absolute Gasteiger partial charge is 0.289 e. The molecule has 4 atom stereocenters. The standard InChI is InChI=1S/C18H20BN/c19-16-3-1-2-11(4-16)10-20-17-12-5-14-7-15-6-13(17)9-18(14,15)8-12/h1-4,10,12-15,17H,5-9H2. The Kier molecular flexibility index (Phi) is 2.19. The zero-order valence-corrected chi connectivity index (χ0v) is 11.8. The Labute approximate surface area is 122 Å². The van der Waals surface area contributed by atoms with Gasteiger partial charge in [-0.3, -0.25) is 4.99 Å². The Morgan fingerprint density at radius 3 is 2.55 bits per heavy atom. The summed E-state index contributed by atoms with van der Waals surface area (Å²) < 4.78 is 0. The lowest BCUT2D eigenvalue weighted by Gasteiger charge is -2.49. The average molecular weight is 261 g/mol. The van der Waals surface area contributed by atoms with Gasteiger partial charge in [-0.2, -0.15) is 0 Å². The fourth-order valence-electron chi connectivity index (χ4n) is 6.23. The van der Waals surface area contributed by atoms with Gasteiger partial charge in [-0.15, -0.1) is 0 Å². The van der Waals surface area contributed by atoms with Crippen molar-refractivity contribution in [1.29, 1.82) is 0 Å². The van der Waals surface area contributed by atoms with E-state index in [1.165, 1.54) is 25.7 Å². The van der Waals surface area contributed by atoms with E-state index < -0.39 is 0 Å². The van der Waals surface area contributed by atoms with Gasteiger partial charge in [0.05, 0.1) is 6.04 Å². The van der Waals surface area contributed by atoms with Crippen LogP contribution >= 0.6 is 0 Å². The number of hydrogen-bond donors (Lipinski definition) is 0. The summed E-state index contributed by atoms with van der Waals surface area (Å²) in [5.74, 6) is 3.89. The third-order valence-electron chi connectivity index (χ3n) is 6.93. The lowest BCUT2D eigenvalue weighted by molar-refractivity contribution is 0.0000807. The van der Waals surface area contributed by atoms with Crippen LogP contribution < -0.4 is 5.46 Å². The van der Waals surface area contributed by atoms with Gasteiger partial charge in [0.2, 0.25) is 0 Å². The SMILES string of the molecule is [B]c1cccc(C=NC2C3CC4CC5CC2CC45C3)c1. The number of aliphatic imine (C=N–C) groups is 1. The summed E-state index contributed by atoms with van der Waals surface area (Å²) in [5.41, 5.74) is 2.79. The molecule has 0 N–H and O–H groups in total. The molecule has 4 unspecified atom stereocenters. The van der Waals surface area contributed by atoms with Crippen molar-refractivity contribution >= 4 is 19.5 Å². The maximum Gasteiger partial charge on any atom is 0.113 e. The Hall–Kier alpha value is -1.05. The Balaban J connectivity index is 1.42. The van der Waals surface area contributed by atoms with Crippen LogP contribution in [0, 0.1) is 29.1 Å². The summed E-state index contributed by atoms with van der Waals surface area (Å²) in [4.78, 5) is 5.02. The average Bonchev–Trinajstić information content (AvgIpc) is 2.80. The molecule has 1 nitrogen and oxygen atoms in total. The van der Waals surface area contributed by atoms with Crippen molar-refractivity contribution in [3.05, 3.63) is 29.8 Å². The molecule has 1 aromatic carbocycles. The molecule has 2 heteroatoms. The molecular weight excluding hydrogens is 241 g/mol. The molecule has 5 rings (SSSR count). The van der Waals surface area contributed by atoms with E-state index in [1.807, 2.05) is 18.2 Å². The molecular formula is C18H20BN. The second kappa shape index (κ2) is 3.78. The van der Waals surface area contributed by atoms with E-state index in [9.17, 15) is 0 Å². The monoisotopic (exact) mass is 261 g/mol. The van der Waals surface area contributed by atoms with Crippen LogP contribution in [-0.4, -0.2) is 20.1 Å². The van der Waals surface area contributed by atoms with Gasteiger partial charge in [-0.1, -0.05) is 29.7 Å². The van der Waals surface area contributed by atoms with Gasteiger partial charge in [0, 0.05) is 6.21 Å². The van der Waals surface area contributed by atoms with E-state index in [0.717, 1.165) is 40.1 Å². The molecule has 100 valence electrons. The van der Waals surface area contributed by atoms with E-state index in [0.29, 0.717) is 6.04 Å². The van der Waals surface area contributed by atoms with Crippen LogP contribution in [0.2, 0.25) is 0 Å². The molecule has 0 heterocycles. The van der Waals surface area contributed by atoms with Gasteiger partial charge < -0.3 is 0 Å². The van der Waals surface area contributed by atoms with Crippen molar-refractivity contribution < 1.29 is 0 Å². The normalized spacial score (nSPS) is 47.7. The fraction of sp³-hybridized carbons (Fsp3) is 0.611. The molecule has 0 amide bonds. The first-order valence-electron chi connectivity index (χ1n) is 8.13. The molecule has 4 saturated carbocycles. The van der Waals surface area contributed by atoms with Crippen molar-refractivity contribution in [3.63, 3.8) is 0 Å². The first kappa shape index (κ1) is 11.6. The minimum absolute atomic E-state index is 0.597. The minimum atomic E-state index is 0.597. The smallest absolute Gasteiger partial charge is 0.113 e. The van der Waals surface area contributed by atoms with Gasteiger partial charge in [-0.25, -0.2) is 0 Å². The summed E-state index contributed by atoms with van der Waals surface area (Å²) in [6, 6.07) is 8.68. The number of benzene rings is 1. The van der Waals surface area contributed by atoms with Crippen LogP contribution in [-0.2, 0) is 0 Å². The molecule has 20 heavy (non-hydrogen) atoms. The van der Waals surface area contributed by atoms with E-state index in [4.69, 9.17) is 12.8 Å². The molecule has 2 radical (unpaired) electrons. The molecule has 0 aromatic heterocycles. The van der Waals surface area contributed by atoms with E-state index >= 15 is 0 Å². The van der Waals surface area contributed by atoms with E-state index in [1.54, 1.807) is 6.42 Å². The molecule has 4 fully saturated rings. The second-order valence-corrected chi connectivity index (χ2v) is 7.70. The van der Waals surface area contributed by atoms with Crippen LogP contribution in [0.3, 0.4) is 0 Å². The van der Waals surface area contributed by atoms with Crippen molar-refractivity contribution in [1.82, 2.24) is 0 Å². The summed E-state index contributed by atoms with van der Waals surface area (Å²) in [6.45, 7) is 0. The minimum Gasteiger partial charge on any atom is -0.289 e. The highest BCUT2D eigenvalue weighted by Gasteiger charge is 2.68. The van der Waals surface area contributed by atoms with Gasteiger partial charge in [0.15, 0.2) is 0 Å². The summed E-state index contributed by atoms with van der Waals surface area (Å²) in [6.07, 6.45) is 9.52. The highest BCUT2D eigenvalue weighted by Crippen LogP contribution is 2.75. The second-order valence-electron chi connectivity index (χ2n) is 7.70. The van der Waals surface area contributed by atoms with Crippen LogP contribution in [0.1, 0.15) is 37.7 Å². The van der Waals surface area contributed by atoms with Crippen LogP contribution in [0.4, 0.5) is 0 Å². The Morgan fingerprint density at radius 1 is 1.10 bits per heavy atom. The summed E-state index contributed by atoms with van der Waals surface area (Å²) >= 11 is 0. The molecule has 4 aliphatic carbocycles. The third kappa shape index (κ3) is 1.38. The predicted molar refractivity (Wildman–Crippen MR) is 82.7 cm³/mol. The molecule has 1 spiro atoms. The highest BCUT2D eigenvalue weighted by atomic mass is 14.9. The predicted octanol–water partition coefficient (Wildman–Crippen LogP) is 2.72. The zero-order valence-electron chi connectivity index (χ0n) is 11.8. The van der Waals surface area contributed by atoms with E-state index in [2.05, 4.69) is 12.3 Å². The van der Waals surface area contributed by atoms with Gasteiger partial charge in [0.1, 0.15) is 7.85 Å². The number of hydrogen-bond acceptors (Lipinski definition) is 1. The first-order chi connectivity index (χ1) is 9.74. The quantitative estimate of drug-likeness (QED) is 0.573. The van der Waals surface area contributed by atoms with Gasteiger partial charge in [-0.05, 0) is 66.8 Å². The first-order valence-corrected chi connectivity index (χ1v) is 8.13. The fourth-order valence-corrected chi connectivity index (χ4v) is 6.23. The molecule has 1 aromatic rings. The number of nitrogens with zero attached hydrogens (tertiary/aromatic N) is 1. The topological polar surface area (TPSA) is 12.4 Å². The maximum absolute atomic E-state index is 5.85. The third-order valence-corrected chi connectivity index (χ3v) is 6.93. The van der Waals surface area contributed by atoms with Crippen molar-refractivity contribution in [2.75, 3.05) is 0 Å². The summed E-state index contributed by atoms with van der Waals surface area (Å²) in [5, 5.41) is 0. The highest BCUT2D eigenvalue weighted by molar-refractivity contribution is 6.32. The number of rotatable bonds is 2. The van der Waals surface area contributed by atoms with Crippen LogP contribution in [0.15, 0.2) is 29.3 Å². The van der Waals surface area contributed by atoms with E-state index in [-0.39, 0.29) is 0 Å². The number of fused-ring (bicyclic) bond motifs is 2. The molecule has 0 saturated heterocycles. The zero-order chi connectivity index (χ0) is 13.3. The Morgan fingerprint density at radius 2 is 1.85 bits per heavy atom. The Bertz CT molecular complexity index is 569. The lowest BCUT2D eigenvalue weighted by atomic mass is 9.56. The van der Waals surface area contributed by atoms with Crippen molar-refractivity contribution in [2.24, 2.45) is 34.1 Å². The maximum atomic E-state index is 5.85. The van der Waals surface area contributed by atoms with Crippen molar-refractivity contribution in [3.8, 4) is 0 Å². The van der Waals surface area contributed by atoms with Crippen LogP contribution in [0.5, 0.6) is 0 Å². The molecule has 3 bridgehead atoms. The summed E-state index contributed by atoms with van der Waals surface area (Å²) in [7, 11) is 5.85. The van der Waals surface area contributed by atoms with Crippen molar-refractivity contribution in [2.45, 2.75) is 38.1 Å². The molecule has 4 aliphatic rings. The van der Waals surface area contributed by atoms with Gasteiger partial charge >= 0.3 is 0 Å². The van der Waals surface area contributed by atoms with Gasteiger partial charge in [0.25, 0.3) is 0 Å². The van der Waals surface area contributed by atoms with Crippen LogP contribution in [0.25, 0.3) is 0 Å². The molecule has 0 aliphatic heterocycles. The lowest BCUT2D eigenvalue weighted by Crippen LogP contribution is -2.42.